The monoisotopic (exact) mass is 296 g/mol. The molecule has 0 saturated heterocycles. The fourth-order valence-corrected chi connectivity index (χ4v) is 1.76. The first-order valence-electron chi connectivity index (χ1n) is 7.66. The predicted molar refractivity (Wildman–Crippen MR) is 86.0 cm³/mol. The van der Waals surface area contributed by atoms with E-state index in [4.69, 9.17) is 9.47 Å². The van der Waals surface area contributed by atoms with E-state index in [2.05, 4.69) is 27.5 Å². The lowest BCUT2D eigenvalue weighted by Crippen LogP contribution is -2.10. The van der Waals surface area contributed by atoms with Crippen molar-refractivity contribution in [1.82, 2.24) is 9.97 Å². The fourth-order valence-electron chi connectivity index (χ4n) is 1.76. The van der Waals surface area contributed by atoms with Crippen LogP contribution in [-0.4, -0.2) is 50.0 Å². The summed E-state index contributed by atoms with van der Waals surface area (Å²) >= 11 is 0. The van der Waals surface area contributed by atoms with Crippen molar-refractivity contribution in [1.29, 1.82) is 0 Å². The number of unbranched alkanes of at least 4 members (excludes halogenated alkanes) is 1. The van der Waals surface area contributed by atoms with Crippen molar-refractivity contribution in [2.45, 2.75) is 33.1 Å². The normalized spacial score (nSPS) is 10.6. The predicted octanol–water partition coefficient (Wildman–Crippen LogP) is 2.46. The third-order valence-electron chi connectivity index (χ3n) is 2.84. The van der Waals surface area contributed by atoms with Crippen molar-refractivity contribution in [3.8, 4) is 0 Å². The lowest BCUT2D eigenvalue weighted by molar-refractivity contribution is 0.0691. The molecule has 0 unspecified atom stereocenters. The Bertz CT molecular complexity index is 388. The average molecular weight is 296 g/mol. The van der Waals surface area contributed by atoms with Gasteiger partial charge in [0.2, 0.25) is 5.95 Å². The summed E-state index contributed by atoms with van der Waals surface area (Å²) in [5, 5.41) is 6.54. The van der Waals surface area contributed by atoms with Gasteiger partial charge in [0.1, 0.15) is 5.82 Å². The molecular formula is C15H28N4O2. The summed E-state index contributed by atoms with van der Waals surface area (Å²) in [7, 11) is 1.68. The van der Waals surface area contributed by atoms with Gasteiger partial charge in [-0.2, -0.15) is 4.98 Å². The van der Waals surface area contributed by atoms with E-state index in [-0.39, 0.29) is 0 Å². The van der Waals surface area contributed by atoms with Gasteiger partial charge in [0.25, 0.3) is 0 Å². The molecule has 0 aliphatic rings. The van der Waals surface area contributed by atoms with Crippen LogP contribution < -0.4 is 10.6 Å². The number of nitrogens with zero attached hydrogens (tertiary/aromatic N) is 2. The van der Waals surface area contributed by atoms with Gasteiger partial charge in [-0.15, -0.1) is 0 Å². The Kier molecular flexibility index (Phi) is 9.48. The minimum atomic E-state index is 0.659. The highest BCUT2D eigenvalue weighted by molar-refractivity contribution is 5.41. The zero-order chi connectivity index (χ0) is 15.3. The smallest absolute Gasteiger partial charge is 0.224 e. The Morgan fingerprint density at radius 3 is 2.67 bits per heavy atom. The minimum Gasteiger partial charge on any atom is -0.382 e. The first-order chi connectivity index (χ1) is 10.3. The number of hydrogen-bond acceptors (Lipinski definition) is 6. The van der Waals surface area contributed by atoms with E-state index in [9.17, 15) is 0 Å². The van der Waals surface area contributed by atoms with Gasteiger partial charge in [0.05, 0.1) is 13.2 Å². The van der Waals surface area contributed by atoms with Gasteiger partial charge in [-0.25, -0.2) is 4.98 Å². The largest absolute Gasteiger partial charge is 0.382 e. The zero-order valence-electron chi connectivity index (χ0n) is 13.4. The summed E-state index contributed by atoms with van der Waals surface area (Å²) < 4.78 is 10.3. The summed E-state index contributed by atoms with van der Waals surface area (Å²) in [5.74, 6) is 1.57. The molecule has 6 heteroatoms. The first-order valence-corrected chi connectivity index (χ1v) is 7.66. The molecule has 1 rings (SSSR count). The molecule has 0 spiro atoms. The van der Waals surface area contributed by atoms with Crippen LogP contribution in [0.1, 0.15) is 31.9 Å². The van der Waals surface area contributed by atoms with E-state index in [1.54, 1.807) is 7.11 Å². The van der Waals surface area contributed by atoms with Crippen molar-refractivity contribution in [3.63, 3.8) is 0 Å². The second kappa shape index (κ2) is 11.3. The molecule has 0 aliphatic carbocycles. The lowest BCUT2D eigenvalue weighted by atomic mass is 10.3. The van der Waals surface area contributed by atoms with Gasteiger partial charge < -0.3 is 20.1 Å². The number of hydrogen-bond donors (Lipinski definition) is 2. The molecular weight excluding hydrogens is 268 g/mol. The molecule has 0 aliphatic heterocycles. The van der Waals surface area contributed by atoms with Crippen LogP contribution in [0.25, 0.3) is 0 Å². The van der Waals surface area contributed by atoms with Crippen molar-refractivity contribution in [2.24, 2.45) is 0 Å². The molecule has 0 fully saturated rings. The molecule has 21 heavy (non-hydrogen) atoms. The van der Waals surface area contributed by atoms with Crippen LogP contribution in [0.4, 0.5) is 11.8 Å². The number of aryl methyl sites for hydroxylation is 1. The molecule has 0 amide bonds. The van der Waals surface area contributed by atoms with Crippen molar-refractivity contribution in [2.75, 3.05) is 50.7 Å². The highest BCUT2D eigenvalue weighted by Gasteiger charge is 2.01. The number of rotatable bonds is 12. The van der Waals surface area contributed by atoms with Crippen LogP contribution in [0.5, 0.6) is 0 Å². The molecule has 0 saturated carbocycles. The Labute approximate surface area is 127 Å². The summed E-state index contributed by atoms with van der Waals surface area (Å²) in [4.78, 5) is 8.81. The van der Waals surface area contributed by atoms with Crippen molar-refractivity contribution >= 4 is 11.8 Å². The van der Waals surface area contributed by atoms with E-state index in [1.165, 1.54) is 0 Å². The first kappa shape index (κ1) is 17.7. The standard InChI is InChI=1S/C15H28N4O2/c1-4-7-17-15-18-13(2)12-14(19-15)16-8-5-6-9-21-11-10-20-3/h12H,4-11H2,1-3H3,(H2,16,17,18,19). The minimum absolute atomic E-state index is 0.659. The molecule has 120 valence electrons. The quantitative estimate of drug-likeness (QED) is 0.578. The van der Waals surface area contributed by atoms with Crippen LogP contribution in [-0.2, 0) is 9.47 Å². The maximum atomic E-state index is 5.42. The summed E-state index contributed by atoms with van der Waals surface area (Å²) in [6, 6.07) is 1.96. The van der Waals surface area contributed by atoms with Crippen LogP contribution >= 0.6 is 0 Å². The molecule has 0 bridgehead atoms. The SMILES string of the molecule is CCCNc1nc(C)cc(NCCCCOCCOC)n1. The van der Waals surface area contributed by atoms with Gasteiger partial charge in [0, 0.05) is 38.6 Å². The Hall–Kier alpha value is -1.40. The van der Waals surface area contributed by atoms with Crippen LogP contribution in [0.15, 0.2) is 6.07 Å². The molecule has 1 aromatic heterocycles. The van der Waals surface area contributed by atoms with Gasteiger partial charge >= 0.3 is 0 Å². The highest BCUT2D eigenvalue weighted by Crippen LogP contribution is 2.09. The Balaban J connectivity index is 2.20. The maximum Gasteiger partial charge on any atom is 0.224 e. The fraction of sp³-hybridized carbons (Fsp3) is 0.733. The number of anilines is 2. The molecule has 1 heterocycles. The Morgan fingerprint density at radius 2 is 1.90 bits per heavy atom. The zero-order valence-corrected chi connectivity index (χ0v) is 13.4. The van der Waals surface area contributed by atoms with Crippen LogP contribution in [0, 0.1) is 6.92 Å². The number of methoxy groups -OCH3 is 1. The Morgan fingerprint density at radius 1 is 1.05 bits per heavy atom. The maximum absolute atomic E-state index is 5.42. The van der Waals surface area contributed by atoms with Crippen molar-refractivity contribution < 1.29 is 9.47 Å². The third kappa shape index (κ3) is 8.47. The topological polar surface area (TPSA) is 68.3 Å². The molecule has 0 atom stereocenters. The van der Waals surface area contributed by atoms with E-state index < -0.39 is 0 Å². The van der Waals surface area contributed by atoms with E-state index in [0.29, 0.717) is 19.2 Å². The van der Waals surface area contributed by atoms with Crippen LogP contribution in [0.3, 0.4) is 0 Å². The highest BCUT2D eigenvalue weighted by atomic mass is 16.5. The second-order valence-electron chi connectivity index (χ2n) is 4.88. The third-order valence-corrected chi connectivity index (χ3v) is 2.84. The second-order valence-corrected chi connectivity index (χ2v) is 4.88. The summed E-state index contributed by atoms with van der Waals surface area (Å²) in [6.07, 6.45) is 3.14. The lowest BCUT2D eigenvalue weighted by Gasteiger charge is -2.09. The number of nitrogens with one attached hydrogen (secondary N) is 2. The van der Waals surface area contributed by atoms with Gasteiger partial charge in [0.15, 0.2) is 0 Å². The average Bonchev–Trinajstić information content (AvgIpc) is 2.47. The molecule has 6 nitrogen and oxygen atoms in total. The van der Waals surface area contributed by atoms with Gasteiger partial charge in [-0.3, -0.25) is 0 Å². The van der Waals surface area contributed by atoms with Gasteiger partial charge in [-0.05, 0) is 26.2 Å². The van der Waals surface area contributed by atoms with E-state index in [0.717, 1.165) is 50.5 Å². The van der Waals surface area contributed by atoms with E-state index in [1.807, 2.05) is 13.0 Å². The number of aromatic nitrogens is 2. The molecule has 1 aromatic rings. The number of ether oxygens (including phenoxy) is 2. The molecule has 0 radical (unpaired) electrons. The molecule has 0 aromatic carbocycles. The van der Waals surface area contributed by atoms with Crippen molar-refractivity contribution in [3.05, 3.63) is 11.8 Å². The van der Waals surface area contributed by atoms with Gasteiger partial charge in [-0.1, -0.05) is 6.92 Å². The van der Waals surface area contributed by atoms with Crippen LogP contribution in [0.2, 0.25) is 0 Å². The summed E-state index contributed by atoms with van der Waals surface area (Å²) in [5.41, 5.74) is 0.967. The van der Waals surface area contributed by atoms with E-state index >= 15 is 0 Å². The summed E-state index contributed by atoms with van der Waals surface area (Å²) in [6.45, 7) is 7.98. The molecule has 2 N–H and O–H groups in total.